The summed E-state index contributed by atoms with van der Waals surface area (Å²) in [5.74, 6) is 2.72. The molecule has 2 aliphatic rings. The van der Waals surface area contributed by atoms with E-state index in [1.807, 2.05) is 30.8 Å². The van der Waals surface area contributed by atoms with Crippen LogP contribution in [0.3, 0.4) is 0 Å². The van der Waals surface area contributed by atoms with Crippen LogP contribution >= 0.6 is 35.6 Å². The Balaban J connectivity index is 0.00000256. The van der Waals surface area contributed by atoms with Gasteiger partial charge in [0, 0.05) is 49.7 Å². The highest BCUT2D eigenvalue weighted by Gasteiger charge is 2.36. The third-order valence-electron chi connectivity index (χ3n) is 6.02. The molecule has 1 aromatic carbocycles. The molecule has 2 N–H and O–H groups in total. The van der Waals surface area contributed by atoms with E-state index < -0.39 is 0 Å². The number of ether oxygens (including phenoxy) is 1. The first-order valence-corrected chi connectivity index (χ1v) is 10.7. The molecule has 1 aromatic heterocycles. The first kappa shape index (κ1) is 23.3. The fourth-order valence-corrected chi connectivity index (χ4v) is 4.72. The van der Waals surface area contributed by atoms with Gasteiger partial charge in [-0.2, -0.15) is 5.10 Å². The van der Waals surface area contributed by atoms with Crippen LogP contribution < -0.4 is 10.6 Å². The molecule has 2 aromatic rings. The van der Waals surface area contributed by atoms with Crippen LogP contribution in [0.4, 0.5) is 0 Å². The van der Waals surface area contributed by atoms with Crippen molar-refractivity contribution in [3.05, 3.63) is 46.5 Å². The minimum absolute atomic E-state index is 0. The molecule has 1 unspecified atom stereocenters. The topological polar surface area (TPSA) is 76.4 Å². The average Bonchev–Trinajstić information content (AvgIpc) is 3.11. The predicted molar refractivity (Wildman–Crippen MR) is 130 cm³/mol. The van der Waals surface area contributed by atoms with Crippen molar-refractivity contribution in [1.82, 2.24) is 25.4 Å². The molecule has 0 bridgehead atoms. The molecule has 9 heteroatoms. The molecule has 0 saturated carbocycles. The Kier molecular flexibility index (Phi) is 7.98. The molecule has 164 valence electrons. The van der Waals surface area contributed by atoms with Crippen molar-refractivity contribution >= 4 is 41.5 Å². The summed E-state index contributed by atoms with van der Waals surface area (Å²) in [7, 11) is 1.81. The maximum Gasteiger partial charge on any atom is 0.191 e. The van der Waals surface area contributed by atoms with Gasteiger partial charge in [-0.05, 0) is 37.8 Å². The van der Waals surface area contributed by atoms with Crippen LogP contribution in [0, 0.1) is 6.92 Å². The molecule has 7 nitrogen and oxygen atoms in total. The second-order valence-electron chi connectivity index (χ2n) is 7.94. The Morgan fingerprint density at radius 2 is 2.10 bits per heavy atom. The van der Waals surface area contributed by atoms with Crippen molar-refractivity contribution in [2.24, 2.45) is 4.99 Å². The maximum atomic E-state index is 6.57. The molecule has 4 rings (SSSR count). The zero-order chi connectivity index (χ0) is 20.3. The average molecular weight is 545 g/mol. The van der Waals surface area contributed by atoms with Crippen molar-refractivity contribution < 1.29 is 4.74 Å². The number of nitrogens with zero attached hydrogens (tertiary/aromatic N) is 4. The number of aliphatic imine (C=N–C) groups is 1. The second kappa shape index (κ2) is 10.3. The summed E-state index contributed by atoms with van der Waals surface area (Å²) in [6.45, 7) is 5.00. The van der Waals surface area contributed by atoms with Crippen LogP contribution in [0.15, 0.2) is 29.3 Å². The van der Waals surface area contributed by atoms with Gasteiger partial charge < -0.3 is 15.4 Å². The van der Waals surface area contributed by atoms with Crippen LogP contribution in [0.1, 0.15) is 36.5 Å². The summed E-state index contributed by atoms with van der Waals surface area (Å²) in [5.41, 5.74) is 1.13. The Morgan fingerprint density at radius 3 is 2.83 bits per heavy atom. The number of rotatable bonds is 4. The number of benzene rings is 1. The Bertz CT molecular complexity index is 880. The molecule has 1 saturated heterocycles. The van der Waals surface area contributed by atoms with E-state index in [1.54, 1.807) is 0 Å². The van der Waals surface area contributed by atoms with Gasteiger partial charge in [0.15, 0.2) is 5.96 Å². The number of aromatic nitrogens is 3. The SMILES string of the molecule is CN=C(NCC1(c2ccccc2Cl)CCOCC1)NC1CCc2nc(C)nn2C1.I. The molecule has 0 amide bonds. The van der Waals surface area contributed by atoms with E-state index in [0.717, 1.165) is 74.6 Å². The van der Waals surface area contributed by atoms with Crippen LogP contribution in [-0.4, -0.2) is 53.6 Å². The Hall–Kier alpha value is -1.39. The van der Waals surface area contributed by atoms with Gasteiger partial charge in [0.05, 0.1) is 6.54 Å². The number of hydrogen-bond acceptors (Lipinski definition) is 4. The number of guanidine groups is 1. The van der Waals surface area contributed by atoms with Crippen LogP contribution in [0.25, 0.3) is 0 Å². The van der Waals surface area contributed by atoms with E-state index in [1.165, 1.54) is 5.56 Å². The highest BCUT2D eigenvalue weighted by atomic mass is 127. The molecule has 1 atom stereocenters. The third kappa shape index (κ3) is 5.08. The summed E-state index contributed by atoms with van der Waals surface area (Å²) < 4.78 is 7.65. The number of fused-ring (bicyclic) bond motifs is 1. The molecule has 3 heterocycles. The summed E-state index contributed by atoms with van der Waals surface area (Å²) >= 11 is 6.57. The number of aryl methyl sites for hydroxylation is 2. The summed E-state index contributed by atoms with van der Waals surface area (Å²) in [6, 6.07) is 8.43. The first-order chi connectivity index (χ1) is 14.1. The summed E-state index contributed by atoms with van der Waals surface area (Å²) in [4.78, 5) is 8.95. The van der Waals surface area contributed by atoms with Gasteiger partial charge >= 0.3 is 0 Å². The molecule has 2 aliphatic heterocycles. The quantitative estimate of drug-likeness (QED) is 0.352. The minimum Gasteiger partial charge on any atom is -0.381 e. The van der Waals surface area contributed by atoms with Gasteiger partial charge in [0.25, 0.3) is 0 Å². The van der Waals surface area contributed by atoms with Crippen LogP contribution in [-0.2, 0) is 23.1 Å². The van der Waals surface area contributed by atoms with Crippen molar-refractivity contribution in [3.63, 3.8) is 0 Å². The summed E-state index contributed by atoms with van der Waals surface area (Å²) in [5, 5.41) is 12.4. The molecular weight excluding hydrogens is 515 g/mol. The van der Waals surface area contributed by atoms with Crippen molar-refractivity contribution in [1.29, 1.82) is 0 Å². The smallest absolute Gasteiger partial charge is 0.191 e. The molecule has 1 fully saturated rings. The first-order valence-electron chi connectivity index (χ1n) is 10.3. The number of nitrogens with one attached hydrogen (secondary N) is 2. The van der Waals surface area contributed by atoms with E-state index in [4.69, 9.17) is 16.3 Å². The van der Waals surface area contributed by atoms with E-state index >= 15 is 0 Å². The second-order valence-corrected chi connectivity index (χ2v) is 8.34. The van der Waals surface area contributed by atoms with E-state index in [0.29, 0.717) is 0 Å². The minimum atomic E-state index is -0.0586. The Labute approximate surface area is 200 Å². The normalized spacial score (nSPS) is 20.8. The zero-order valence-electron chi connectivity index (χ0n) is 17.5. The van der Waals surface area contributed by atoms with E-state index in [2.05, 4.69) is 37.8 Å². The number of halogens is 2. The van der Waals surface area contributed by atoms with Gasteiger partial charge in [0.1, 0.15) is 11.6 Å². The van der Waals surface area contributed by atoms with Crippen LogP contribution in [0.2, 0.25) is 5.02 Å². The molecule has 30 heavy (non-hydrogen) atoms. The highest BCUT2D eigenvalue weighted by molar-refractivity contribution is 14.0. The van der Waals surface area contributed by atoms with Crippen LogP contribution in [0.5, 0.6) is 0 Å². The zero-order valence-corrected chi connectivity index (χ0v) is 20.6. The molecule has 0 aliphatic carbocycles. The monoisotopic (exact) mass is 544 g/mol. The molecular formula is C21H30ClIN6O. The lowest BCUT2D eigenvalue weighted by Crippen LogP contribution is -2.51. The van der Waals surface area contributed by atoms with E-state index in [9.17, 15) is 0 Å². The highest BCUT2D eigenvalue weighted by Crippen LogP contribution is 2.38. The largest absolute Gasteiger partial charge is 0.381 e. The standard InChI is InChI=1S/C21H29ClN6O.HI/c1-15-25-19-8-7-16(13-28(19)27-15)26-20(23-2)24-14-21(9-11-29-12-10-21)17-5-3-4-6-18(17)22;/h3-6,16H,7-14H2,1-2H3,(H2,23,24,26);1H. The van der Waals surface area contributed by atoms with Crippen molar-refractivity contribution in [2.75, 3.05) is 26.8 Å². The fourth-order valence-electron chi connectivity index (χ4n) is 4.39. The maximum absolute atomic E-state index is 6.57. The van der Waals surface area contributed by atoms with Crippen molar-refractivity contribution in [3.8, 4) is 0 Å². The fraction of sp³-hybridized carbons (Fsp3) is 0.571. The third-order valence-corrected chi connectivity index (χ3v) is 6.35. The van der Waals surface area contributed by atoms with Crippen molar-refractivity contribution in [2.45, 2.75) is 50.6 Å². The molecule has 0 spiro atoms. The number of hydrogen-bond donors (Lipinski definition) is 2. The van der Waals surface area contributed by atoms with Gasteiger partial charge in [-0.3, -0.25) is 4.99 Å². The predicted octanol–water partition coefficient (Wildman–Crippen LogP) is 3.09. The lowest BCUT2D eigenvalue weighted by atomic mass is 9.74. The molecule has 0 radical (unpaired) electrons. The van der Waals surface area contributed by atoms with Gasteiger partial charge in [-0.1, -0.05) is 29.8 Å². The lowest BCUT2D eigenvalue weighted by molar-refractivity contribution is 0.0514. The summed E-state index contributed by atoms with van der Waals surface area (Å²) in [6.07, 6.45) is 3.82. The van der Waals surface area contributed by atoms with Gasteiger partial charge in [0.2, 0.25) is 0 Å². The lowest BCUT2D eigenvalue weighted by Gasteiger charge is -2.39. The van der Waals surface area contributed by atoms with E-state index in [-0.39, 0.29) is 35.4 Å². The van der Waals surface area contributed by atoms with Gasteiger partial charge in [-0.15, -0.1) is 24.0 Å². The Morgan fingerprint density at radius 1 is 1.33 bits per heavy atom. The van der Waals surface area contributed by atoms with Gasteiger partial charge in [-0.25, -0.2) is 9.67 Å².